The lowest BCUT2D eigenvalue weighted by Crippen LogP contribution is -1.89. The fraction of sp³-hybridized carbons (Fsp3) is 0.900. The summed E-state index contributed by atoms with van der Waals surface area (Å²) < 4.78 is 0. The van der Waals surface area contributed by atoms with Crippen LogP contribution in [0.5, 0.6) is 0 Å². The van der Waals surface area contributed by atoms with Gasteiger partial charge in [-0.15, -0.1) is 0 Å². The molecule has 0 aliphatic rings. The number of rotatable bonds is 8. The third kappa shape index (κ3) is 12.4. The van der Waals surface area contributed by atoms with Gasteiger partial charge in [0.15, 0.2) is 5.12 Å². The van der Waals surface area contributed by atoms with Crippen LogP contribution in [0.15, 0.2) is 0 Å². The molecule has 78 valence electrons. The molecule has 0 aromatic heterocycles. The Morgan fingerprint density at radius 2 is 1.69 bits per heavy atom. The molecule has 0 spiro atoms. The van der Waals surface area contributed by atoms with Crippen LogP contribution in [-0.2, 0) is 4.79 Å². The van der Waals surface area contributed by atoms with Gasteiger partial charge < -0.3 is 0 Å². The van der Waals surface area contributed by atoms with Crippen LogP contribution in [0.1, 0.15) is 39.5 Å². The molecule has 1 nitrogen and oxygen atoms in total. The van der Waals surface area contributed by atoms with Crippen LogP contribution in [0, 0.1) is 0 Å². The lowest BCUT2D eigenvalue weighted by molar-refractivity contribution is -0.109. The highest BCUT2D eigenvalue weighted by Gasteiger charge is 1.94. The van der Waals surface area contributed by atoms with E-state index in [1.165, 1.54) is 49.0 Å². The molecule has 0 aliphatic carbocycles. The lowest BCUT2D eigenvalue weighted by atomic mass is 10.4. The summed E-state index contributed by atoms with van der Waals surface area (Å²) in [6, 6.07) is 0. The molecule has 0 saturated heterocycles. The predicted octanol–water partition coefficient (Wildman–Crippen LogP) is 3.58. The second-order valence-corrected chi connectivity index (χ2v) is 5.51. The van der Waals surface area contributed by atoms with Crippen molar-refractivity contribution in [1.29, 1.82) is 0 Å². The molecule has 0 radical (unpaired) electrons. The van der Waals surface area contributed by atoms with Gasteiger partial charge in [0.25, 0.3) is 0 Å². The molecule has 0 fully saturated rings. The van der Waals surface area contributed by atoms with Crippen molar-refractivity contribution in [2.45, 2.75) is 39.5 Å². The number of hydrogen-bond donors (Lipinski definition) is 0. The highest BCUT2D eigenvalue weighted by molar-refractivity contribution is 8.13. The van der Waals surface area contributed by atoms with E-state index in [0.717, 1.165) is 5.75 Å². The highest BCUT2D eigenvalue weighted by Crippen LogP contribution is 2.10. The monoisotopic (exact) mass is 220 g/mol. The maximum absolute atomic E-state index is 10.6. The zero-order valence-electron chi connectivity index (χ0n) is 8.67. The Morgan fingerprint density at radius 3 is 2.31 bits per heavy atom. The molecule has 0 aromatic rings. The van der Waals surface area contributed by atoms with Crippen molar-refractivity contribution in [2.75, 3.05) is 17.3 Å². The van der Waals surface area contributed by atoms with Crippen LogP contribution in [-0.4, -0.2) is 22.4 Å². The van der Waals surface area contributed by atoms with Crippen LogP contribution in [0.2, 0.25) is 0 Å². The molecule has 0 saturated carbocycles. The Hall–Kier alpha value is 0.370. The minimum atomic E-state index is 0.249. The average molecular weight is 220 g/mol. The summed E-state index contributed by atoms with van der Waals surface area (Å²) in [5.41, 5.74) is 0. The Labute approximate surface area is 90.4 Å². The molecule has 0 N–H and O–H groups in total. The van der Waals surface area contributed by atoms with Crippen LogP contribution in [0.4, 0.5) is 0 Å². The maximum atomic E-state index is 10.6. The van der Waals surface area contributed by atoms with E-state index in [1.807, 2.05) is 11.8 Å². The van der Waals surface area contributed by atoms with Gasteiger partial charge in [0.1, 0.15) is 0 Å². The van der Waals surface area contributed by atoms with Crippen molar-refractivity contribution in [3.05, 3.63) is 0 Å². The zero-order chi connectivity index (χ0) is 9.94. The number of hydrogen-bond acceptors (Lipinski definition) is 3. The summed E-state index contributed by atoms with van der Waals surface area (Å²) in [5, 5.41) is 0.249. The molecular formula is C10H20OS2. The van der Waals surface area contributed by atoms with E-state index in [9.17, 15) is 4.79 Å². The number of thioether (sulfide) groups is 2. The van der Waals surface area contributed by atoms with E-state index < -0.39 is 0 Å². The summed E-state index contributed by atoms with van der Waals surface area (Å²) in [6.45, 7) is 3.87. The van der Waals surface area contributed by atoms with Gasteiger partial charge in [-0.05, 0) is 30.8 Å². The first kappa shape index (κ1) is 13.4. The van der Waals surface area contributed by atoms with Crippen molar-refractivity contribution < 1.29 is 4.79 Å². The van der Waals surface area contributed by atoms with E-state index in [0.29, 0.717) is 0 Å². The summed E-state index contributed by atoms with van der Waals surface area (Å²) in [7, 11) is 0. The minimum Gasteiger partial charge on any atom is -0.288 e. The van der Waals surface area contributed by atoms with Gasteiger partial charge in [0.2, 0.25) is 0 Å². The van der Waals surface area contributed by atoms with E-state index in [4.69, 9.17) is 0 Å². The van der Waals surface area contributed by atoms with E-state index in [-0.39, 0.29) is 5.12 Å². The molecule has 0 heterocycles. The average Bonchev–Trinajstić information content (AvgIpc) is 2.09. The smallest absolute Gasteiger partial charge is 0.185 e. The van der Waals surface area contributed by atoms with Gasteiger partial charge in [-0.25, -0.2) is 0 Å². The molecule has 0 bridgehead atoms. The summed E-state index contributed by atoms with van der Waals surface area (Å²) >= 11 is 3.49. The first-order chi connectivity index (χ1) is 6.27. The molecule has 3 heteroatoms. The fourth-order valence-corrected chi connectivity index (χ4v) is 2.61. The molecule has 0 aliphatic heterocycles. The molecule has 0 amide bonds. The van der Waals surface area contributed by atoms with E-state index in [1.54, 1.807) is 6.92 Å². The predicted molar refractivity (Wildman–Crippen MR) is 64.6 cm³/mol. The van der Waals surface area contributed by atoms with Gasteiger partial charge in [0, 0.05) is 12.7 Å². The molecule has 0 rings (SSSR count). The van der Waals surface area contributed by atoms with Crippen molar-refractivity contribution in [3.8, 4) is 0 Å². The molecule has 0 aromatic carbocycles. The first-order valence-electron chi connectivity index (χ1n) is 4.98. The van der Waals surface area contributed by atoms with Gasteiger partial charge >= 0.3 is 0 Å². The lowest BCUT2D eigenvalue weighted by Gasteiger charge is -1.99. The molecule has 13 heavy (non-hydrogen) atoms. The van der Waals surface area contributed by atoms with Crippen LogP contribution in [0.3, 0.4) is 0 Å². The largest absolute Gasteiger partial charge is 0.288 e. The second-order valence-electron chi connectivity index (χ2n) is 3.01. The van der Waals surface area contributed by atoms with E-state index >= 15 is 0 Å². The quantitative estimate of drug-likeness (QED) is 0.582. The molecule has 0 unspecified atom stereocenters. The van der Waals surface area contributed by atoms with Crippen molar-refractivity contribution >= 4 is 28.6 Å². The van der Waals surface area contributed by atoms with Crippen LogP contribution >= 0.6 is 23.5 Å². The number of carbonyl (C=O) groups excluding carboxylic acids is 1. The standard InChI is InChI=1S/C10H20OS2/c1-3-4-7-12-8-5-6-9-13-10(2)11/h3-9H2,1-2H3. The number of unbranched alkanes of at least 4 members (excludes halogenated alkanes) is 2. The van der Waals surface area contributed by atoms with Crippen LogP contribution < -0.4 is 0 Å². The molecule has 0 atom stereocenters. The zero-order valence-corrected chi connectivity index (χ0v) is 10.3. The summed E-state index contributed by atoms with van der Waals surface area (Å²) in [4.78, 5) is 10.6. The van der Waals surface area contributed by atoms with Gasteiger partial charge in [-0.3, -0.25) is 4.79 Å². The van der Waals surface area contributed by atoms with Crippen molar-refractivity contribution in [3.63, 3.8) is 0 Å². The maximum Gasteiger partial charge on any atom is 0.185 e. The normalized spacial score (nSPS) is 10.3. The third-order valence-electron chi connectivity index (χ3n) is 1.63. The highest BCUT2D eigenvalue weighted by atomic mass is 32.2. The Bertz CT molecular complexity index is 126. The minimum absolute atomic E-state index is 0.249. The molecular weight excluding hydrogens is 200 g/mol. The van der Waals surface area contributed by atoms with Gasteiger partial charge in [-0.2, -0.15) is 11.8 Å². The van der Waals surface area contributed by atoms with Gasteiger partial charge in [-0.1, -0.05) is 25.1 Å². The fourth-order valence-electron chi connectivity index (χ4n) is 0.871. The van der Waals surface area contributed by atoms with Crippen molar-refractivity contribution in [2.24, 2.45) is 0 Å². The first-order valence-corrected chi connectivity index (χ1v) is 7.12. The summed E-state index contributed by atoms with van der Waals surface area (Å²) in [6.07, 6.45) is 5.08. The van der Waals surface area contributed by atoms with Crippen molar-refractivity contribution in [1.82, 2.24) is 0 Å². The Kier molecular flexibility index (Phi) is 10.7. The van der Waals surface area contributed by atoms with Crippen LogP contribution in [0.25, 0.3) is 0 Å². The topological polar surface area (TPSA) is 17.1 Å². The van der Waals surface area contributed by atoms with Gasteiger partial charge in [0.05, 0.1) is 0 Å². The Balaban J connectivity index is 2.87. The number of carbonyl (C=O) groups is 1. The summed E-state index contributed by atoms with van der Waals surface area (Å²) in [5.74, 6) is 3.57. The third-order valence-corrected chi connectivity index (χ3v) is 3.68. The van der Waals surface area contributed by atoms with E-state index in [2.05, 4.69) is 6.92 Å². The SMILES string of the molecule is CCCCSCCCCSC(C)=O. The second kappa shape index (κ2) is 10.5. The Morgan fingerprint density at radius 1 is 1.08 bits per heavy atom.